The number of rotatable bonds is 9. The lowest BCUT2D eigenvalue weighted by molar-refractivity contribution is -0.122. The number of benzene rings is 2. The molecule has 1 fully saturated rings. The maximum absolute atomic E-state index is 12.7. The number of nitrogens with one attached hydrogen (secondary N) is 2. The van der Waals surface area contributed by atoms with Gasteiger partial charge in [-0.3, -0.25) is 9.59 Å². The summed E-state index contributed by atoms with van der Waals surface area (Å²) in [5.41, 5.74) is 1.19. The van der Waals surface area contributed by atoms with Crippen molar-refractivity contribution in [3.05, 3.63) is 48.5 Å². The molecule has 2 amide bonds. The Morgan fingerprint density at radius 2 is 1.81 bits per heavy atom. The quantitative estimate of drug-likeness (QED) is 0.578. The van der Waals surface area contributed by atoms with Crippen LogP contribution in [0.3, 0.4) is 0 Å². The number of carbonyl (C=O) groups is 2. The molecule has 0 aromatic heterocycles. The zero-order valence-electron chi connectivity index (χ0n) is 17.6. The fourth-order valence-electron chi connectivity index (χ4n) is 3.32. The molecule has 1 aliphatic rings. The van der Waals surface area contributed by atoms with Crippen LogP contribution in [0.1, 0.15) is 26.2 Å². The number of ether oxygens (including phenoxy) is 1. The number of nitrogens with zero attached hydrogens (tertiary/aromatic N) is 1. The standard InChI is InChI=1S/C22H27N3O5S/c1-3-4-13-23-31(28,29)20-11-5-17(6-12-20)24-22(27)16-14-21(26)25(15-16)18-7-9-19(30-2)10-8-18/h5-12,16,23H,3-4,13-15H2,1-2H3,(H,24,27)/t16-/m1/s1. The molecule has 0 unspecified atom stereocenters. The first kappa shape index (κ1) is 22.8. The van der Waals surface area contributed by atoms with E-state index in [1.807, 2.05) is 6.92 Å². The van der Waals surface area contributed by atoms with E-state index in [1.165, 1.54) is 12.1 Å². The highest BCUT2D eigenvalue weighted by atomic mass is 32.2. The van der Waals surface area contributed by atoms with Crippen LogP contribution in [0.4, 0.5) is 11.4 Å². The second-order valence-corrected chi connectivity index (χ2v) is 9.14. The van der Waals surface area contributed by atoms with Crippen LogP contribution in [-0.4, -0.2) is 40.4 Å². The van der Waals surface area contributed by atoms with E-state index in [0.29, 0.717) is 23.7 Å². The van der Waals surface area contributed by atoms with Gasteiger partial charge in [0.1, 0.15) is 5.75 Å². The van der Waals surface area contributed by atoms with E-state index in [-0.39, 0.29) is 29.7 Å². The van der Waals surface area contributed by atoms with Crippen molar-refractivity contribution in [3.8, 4) is 5.75 Å². The summed E-state index contributed by atoms with van der Waals surface area (Å²) >= 11 is 0. The highest BCUT2D eigenvalue weighted by Gasteiger charge is 2.35. The van der Waals surface area contributed by atoms with Gasteiger partial charge in [0.25, 0.3) is 0 Å². The van der Waals surface area contributed by atoms with E-state index in [0.717, 1.165) is 12.8 Å². The molecule has 1 saturated heterocycles. The van der Waals surface area contributed by atoms with Gasteiger partial charge in [-0.15, -0.1) is 0 Å². The third-order valence-electron chi connectivity index (χ3n) is 5.13. The van der Waals surface area contributed by atoms with Gasteiger partial charge in [-0.05, 0) is 55.0 Å². The molecule has 0 aliphatic carbocycles. The topological polar surface area (TPSA) is 105 Å². The first-order valence-electron chi connectivity index (χ1n) is 10.2. The van der Waals surface area contributed by atoms with Crippen LogP contribution in [0.2, 0.25) is 0 Å². The van der Waals surface area contributed by atoms with Crippen LogP contribution in [-0.2, 0) is 19.6 Å². The molecule has 0 radical (unpaired) electrons. The number of carbonyl (C=O) groups excluding carboxylic acids is 2. The zero-order valence-corrected chi connectivity index (χ0v) is 18.4. The molecule has 31 heavy (non-hydrogen) atoms. The maximum Gasteiger partial charge on any atom is 0.240 e. The monoisotopic (exact) mass is 445 g/mol. The van der Waals surface area contributed by atoms with E-state index >= 15 is 0 Å². The summed E-state index contributed by atoms with van der Waals surface area (Å²) < 4.78 is 32.2. The predicted molar refractivity (Wildman–Crippen MR) is 119 cm³/mol. The van der Waals surface area contributed by atoms with Crippen molar-refractivity contribution < 1.29 is 22.7 Å². The summed E-state index contributed by atoms with van der Waals surface area (Å²) in [6.07, 6.45) is 1.78. The van der Waals surface area contributed by atoms with Crippen molar-refractivity contribution in [1.29, 1.82) is 0 Å². The lowest BCUT2D eigenvalue weighted by Crippen LogP contribution is -2.28. The lowest BCUT2D eigenvalue weighted by Gasteiger charge is -2.17. The molecular weight excluding hydrogens is 418 g/mol. The molecule has 9 heteroatoms. The Labute approximate surface area is 182 Å². The molecule has 8 nitrogen and oxygen atoms in total. The van der Waals surface area contributed by atoms with Crippen LogP contribution < -0.4 is 19.7 Å². The first-order valence-corrected chi connectivity index (χ1v) is 11.7. The maximum atomic E-state index is 12.7. The SMILES string of the molecule is CCCCNS(=O)(=O)c1ccc(NC(=O)[C@@H]2CC(=O)N(c3ccc(OC)cc3)C2)cc1. The Hall–Kier alpha value is -2.91. The third kappa shape index (κ3) is 5.62. The van der Waals surface area contributed by atoms with Crippen LogP contribution >= 0.6 is 0 Å². The van der Waals surface area contributed by atoms with Crippen molar-refractivity contribution in [1.82, 2.24) is 4.72 Å². The normalized spacial score (nSPS) is 16.4. The minimum absolute atomic E-state index is 0.117. The number of unbranched alkanes of at least 4 members (excludes halogenated alkanes) is 1. The Balaban J connectivity index is 1.60. The fourth-order valence-corrected chi connectivity index (χ4v) is 4.40. The molecule has 1 aliphatic heterocycles. The number of sulfonamides is 1. The van der Waals surface area contributed by atoms with Gasteiger partial charge in [0, 0.05) is 30.9 Å². The molecule has 3 rings (SSSR count). The molecule has 0 saturated carbocycles. The molecule has 2 N–H and O–H groups in total. The summed E-state index contributed by atoms with van der Waals surface area (Å²) in [7, 11) is -2.00. The summed E-state index contributed by atoms with van der Waals surface area (Å²) in [4.78, 5) is 26.8. The van der Waals surface area contributed by atoms with Crippen molar-refractivity contribution in [3.63, 3.8) is 0 Å². The van der Waals surface area contributed by atoms with Gasteiger partial charge in [0.15, 0.2) is 0 Å². The summed E-state index contributed by atoms with van der Waals surface area (Å²) in [6.45, 7) is 2.66. The van der Waals surface area contributed by atoms with Gasteiger partial charge < -0.3 is 15.0 Å². The van der Waals surface area contributed by atoms with Gasteiger partial charge in [0.05, 0.1) is 17.9 Å². The highest BCUT2D eigenvalue weighted by molar-refractivity contribution is 7.89. The van der Waals surface area contributed by atoms with E-state index < -0.39 is 15.9 Å². The molecule has 1 heterocycles. The van der Waals surface area contributed by atoms with Gasteiger partial charge >= 0.3 is 0 Å². The molecule has 166 valence electrons. The molecule has 2 aromatic carbocycles. The number of hydrogen-bond acceptors (Lipinski definition) is 5. The average Bonchev–Trinajstić information content (AvgIpc) is 3.16. The summed E-state index contributed by atoms with van der Waals surface area (Å²) in [6, 6.07) is 13.1. The fraction of sp³-hybridized carbons (Fsp3) is 0.364. The van der Waals surface area contributed by atoms with Crippen LogP contribution in [0, 0.1) is 5.92 Å². The van der Waals surface area contributed by atoms with Crippen molar-refractivity contribution in [2.45, 2.75) is 31.1 Å². The molecule has 0 spiro atoms. The van der Waals surface area contributed by atoms with Crippen molar-refractivity contribution in [2.24, 2.45) is 5.92 Å². The Morgan fingerprint density at radius 3 is 2.42 bits per heavy atom. The summed E-state index contributed by atoms with van der Waals surface area (Å²) in [5, 5.41) is 2.77. The van der Waals surface area contributed by atoms with Gasteiger partial charge in [0.2, 0.25) is 21.8 Å². The predicted octanol–water partition coefficient (Wildman–Crippen LogP) is 2.77. The minimum atomic E-state index is -3.57. The first-order chi connectivity index (χ1) is 14.8. The van der Waals surface area contributed by atoms with E-state index in [4.69, 9.17) is 4.74 Å². The molecule has 2 aromatic rings. The molecule has 0 bridgehead atoms. The van der Waals surface area contributed by atoms with Crippen LogP contribution in [0.25, 0.3) is 0 Å². The summed E-state index contributed by atoms with van der Waals surface area (Å²) in [5.74, 6) is -0.199. The van der Waals surface area contributed by atoms with Gasteiger partial charge in [-0.2, -0.15) is 0 Å². The second kappa shape index (κ2) is 9.93. The molecular formula is C22H27N3O5S. The van der Waals surface area contributed by atoms with Gasteiger partial charge in [-0.25, -0.2) is 13.1 Å². The number of methoxy groups -OCH3 is 1. The Kier molecular flexibility index (Phi) is 7.29. The van der Waals surface area contributed by atoms with E-state index in [2.05, 4.69) is 10.0 Å². The second-order valence-electron chi connectivity index (χ2n) is 7.37. The lowest BCUT2D eigenvalue weighted by atomic mass is 10.1. The van der Waals surface area contributed by atoms with E-state index in [1.54, 1.807) is 48.4 Å². The van der Waals surface area contributed by atoms with E-state index in [9.17, 15) is 18.0 Å². The number of amides is 2. The largest absolute Gasteiger partial charge is 0.497 e. The molecule has 1 atom stereocenters. The van der Waals surface area contributed by atoms with Crippen LogP contribution in [0.5, 0.6) is 5.75 Å². The van der Waals surface area contributed by atoms with Crippen molar-refractivity contribution >= 4 is 33.2 Å². The number of hydrogen-bond donors (Lipinski definition) is 2. The highest BCUT2D eigenvalue weighted by Crippen LogP contribution is 2.27. The zero-order chi connectivity index (χ0) is 22.4. The smallest absolute Gasteiger partial charge is 0.240 e. The Morgan fingerprint density at radius 1 is 1.13 bits per heavy atom. The van der Waals surface area contributed by atoms with Crippen LogP contribution in [0.15, 0.2) is 53.4 Å². The Bertz CT molecular complexity index is 1020. The third-order valence-corrected chi connectivity index (χ3v) is 6.61. The average molecular weight is 446 g/mol. The minimum Gasteiger partial charge on any atom is -0.497 e. The number of anilines is 2. The van der Waals surface area contributed by atoms with Gasteiger partial charge in [-0.1, -0.05) is 13.3 Å². The van der Waals surface area contributed by atoms with Crippen molar-refractivity contribution in [2.75, 3.05) is 30.4 Å².